The monoisotopic (exact) mass is 237 g/mol. The number of pyridine rings is 1. The van der Waals surface area contributed by atoms with Gasteiger partial charge in [-0.15, -0.1) is 0 Å². The summed E-state index contributed by atoms with van der Waals surface area (Å²) in [5.74, 6) is -2.54. The Hall–Kier alpha value is -1.91. The first-order valence-corrected chi connectivity index (χ1v) is 5.42. The van der Waals surface area contributed by atoms with Crippen LogP contribution in [0.1, 0.15) is 51.5 Å². The van der Waals surface area contributed by atoms with Crippen LogP contribution in [-0.2, 0) is 12.8 Å². The molecule has 0 radical (unpaired) electrons. The number of carbonyl (C=O) groups is 2. The maximum absolute atomic E-state index is 11.2. The van der Waals surface area contributed by atoms with Gasteiger partial charge in [0.25, 0.3) is 0 Å². The van der Waals surface area contributed by atoms with Gasteiger partial charge in [-0.1, -0.05) is 13.8 Å². The third kappa shape index (κ3) is 2.27. The summed E-state index contributed by atoms with van der Waals surface area (Å²) >= 11 is 0. The van der Waals surface area contributed by atoms with E-state index in [1.807, 2.05) is 13.8 Å². The van der Waals surface area contributed by atoms with Crippen molar-refractivity contribution >= 4 is 11.9 Å². The lowest BCUT2D eigenvalue weighted by atomic mass is 9.95. The molecule has 2 N–H and O–H groups in total. The van der Waals surface area contributed by atoms with Crippen molar-refractivity contribution in [2.45, 2.75) is 33.6 Å². The maximum Gasteiger partial charge on any atom is 0.355 e. The van der Waals surface area contributed by atoms with Crippen molar-refractivity contribution in [1.29, 1.82) is 0 Å². The van der Waals surface area contributed by atoms with Crippen LogP contribution in [-0.4, -0.2) is 27.1 Å². The normalized spacial score (nSPS) is 10.3. The molecule has 0 saturated heterocycles. The van der Waals surface area contributed by atoms with Gasteiger partial charge in [-0.3, -0.25) is 0 Å². The first-order valence-electron chi connectivity index (χ1n) is 5.42. The van der Waals surface area contributed by atoms with Crippen LogP contribution in [0.2, 0.25) is 0 Å². The quantitative estimate of drug-likeness (QED) is 0.835. The predicted octanol–water partition coefficient (Wildman–Crippen LogP) is 1.91. The minimum Gasteiger partial charge on any atom is -0.478 e. The first-order chi connectivity index (χ1) is 7.93. The number of carboxylic acids is 2. The van der Waals surface area contributed by atoms with Crippen molar-refractivity contribution in [1.82, 2.24) is 4.98 Å². The molecule has 0 spiro atoms. The second-order valence-electron chi connectivity index (χ2n) is 3.70. The minimum absolute atomic E-state index is 0.178. The number of rotatable bonds is 4. The SMILES string of the molecule is CCc1c(C)nc(C(=O)O)c(C(=O)O)c1CC. The van der Waals surface area contributed by atoms with Crippen molar-refractivity contribution < 1.29 is 19.8 Å². The van der Waals surface area contributed by atoms with Gasteiger partial charge >= 0.3 is 11.9 Å². The zero-order chi connectivity index (χ0) is 13.2. The summed E-state index contributed by atoms with van der Waals surface area (Å²) < 4.78 is 0. The van der Waals surface area contributed by atoms with E-state index in [0.717, 1.165) is 5.56 Å². The van der Waals surface area contributed by atoms with Crippen LogP contribution >= 0.6 is 0 Å². The van der Waals surface area contributed by atoms with Crippen LogP contribution in [0, 0.1) is 6.92 Å². The zero-order valence-corrected chi connectivity index (χ0v) is 10.1. The third-order valence-electron chi connectivity index (χ3n) is 2.74. The molecule has 0 unspecified atom stereocenters. The third-order valence-corrected chi connectivity index (χ3v) is 2.74. The molecule has 5 nitrogen and oxygen atoms in total. The molecule has 0 aliphatic rings. The highest BCUT2D eigenvalue weighted by atomic mass is 16.4. The Morgan fingerprint density at radius 2 is 1.59 bits per heavy atom. The Morgan fingerprint density at radius 3 is 1.94 bits per heavy atom. The Kier molecular flexibility index (Phi) is 3.83. The zero-order valence-electron chi connectivity index (χ0n) is 10.1. The fourth-order valence-corrected chi connectivity index (χ4v) is 2.05. The average molecular weight is 237 g/mol. The fraction of sp³-hybridized carbons (Fsp3) is 0.417. The Morgan fingerprint density at radius 1 is 1.06 bits per heavy atom. The minimum atomic E-state index is -1.30. The van der Waals surface area contributed by atoms with Gasteiger partial charge in [-0.2, -0.15) is 0 Å². The predicted molar refractivity (Wildman–Crippen MR) is 61.6 cm³/mol. The van der Waals surface area contributed by atoms with Gasteiger partial charge in [-0.05, 0) is 30.9 Å². The van der Waals surface area contributed by atoms with Crippen LogP contribution < -0.4 is 0 Å². The molecule has 17 heavy (non-hydrogen) atoms. The molecule has 1 rings (SSSR count). The van der Waals surface area contributed by atoms with Gasteiger partial charge in [-0.25, -0.2) is 14.6 Å². The van der Waals surface area contributed by atoms with Gasteiger partial charge in [0.1, 0.15) is 0 Å². The molecular formula is C12H15NO4. The molecule has 1 aromatic rings. The number of aromatic nitrogens is 1. The van der Waals surface area contributed by atoms with E-state index >= 15 is 0 Å². The molecular weight excluding hydrogens is 222 g/mol. The highest BCUT2D eigenvalue weighted by Crippen LogP contribution is 2.22. The molecule has 0 bridgehead atoms. The van der Waals surface area contributed by atoms with Crippen molar-refractivity contribution in [2.24, 2.45) is 0 Å². The van der Waals surface area contributed by atoms with Gasteiger partial charge in [0, 0.05) is 5.69 Å². The first kappa shape index (κ1) is 13.2. The van der Waals surface area contributed by atoms with Gasteiger partial charge in [0.05, 0.1) is 5.56 Å². The van der Waals surface area contributed by atoms with Crippen LogP contribution in [0.5, 0.6) is 0 Å². The number of carboxylic acid groups (broad SMARTS) is 2. The fourth-order valence-electron chi connectivity index (χ4n) is 2.05. The summed E-state index contributed by atoms with van der Waals surface area (Å²) in [5.41, 5.74) is 1.44. The van der Waals surface area contributed by atoms with Gasteiger partial charge < -0.3 is 10.2 Å². The average Bonchev–Trinajstić information content (AvgIpc) is 2.26. The lowest BCUT2D eigenvalue weighted by molar-refractivity contribution is 0.0645. The number of nitrogens with zero attached hydrogens (tertiary/aromatic N) is 1. The summed E-state index contributed by atoms with van der Waals surface area (Å²) in [7, 11) is 0. The molecule has 1 aromatic heterocycles. The van der Waals surface area contributed by atoms with E-state index in [0.29, 0.717) is 24.1 Å². The van der Waals surface area contributed by atoms with E-state index < -0.39 is 11.9 Å². The number of hydrogen-bond acceptors (Lipinski definition) is 3. The highest BCUT2D eigenvalue weighted by Gasteiger charge is 2.24. The van der Waals surface area contributed by atoms with Crippen LogP contribution in [0.25, 0.3) is 0 Å². The van der Waals surface area contributed by atoms with Crippen LogP contribution in [0.3, 0.4) is 0 Å². The Balaban J connectivity index is 3.71. The molecule has 1 heterocycles. The summed E-state index contributed by atoms with van der Waals surface area (Å²) in [6.45, 7) is 5.41. The highest BCUT2D eigenvalue weighted by molar-refractivity contribution is 6.01. The molecule has 0 aliphatic heterocycles. The standard InChI is InChI=1S/C12H15NO4/c1-4-7-6(3)13-10(12(16)17)9(11(14)15)8(7)5-2/h4-5H2,1-3H3,(H,14,15)(H,16,17). The van der Waals surface area contributed by atoms with E-state index in [9.17, 15) is 9.59 Å². The molecule has 0 atom stereocenters. The molecule has 0 aromatic carbocycles. The topological polar surface area (TPSA) is 87.5 Å². The lowest BCUT2D eigenvalue weighted by Crippen LogP contribution is -2.17. The second-order valence-corrected chi connectivity index (χ2v) is 3.70. The number of aryl methyl sites for hydroxylation is 1. The molecule has 0 saturated carbocycles. The Bertz CT molecular complexity index is 480. The van der Waals surface area contributed by atoms with E-state index in [2.05, 4.69) is 4.98 Å². The summed E-state index contributed by atoms with van der Waals surface area (Å²) in [6, 6.07) is 0. The largest absolute Gasteiger partial charge is 0.478 e. The van der Waals surface area contributed by atoms with Crippen molar-refractivity contribution in [3.63, 3.8) is 0 Å². The van der Waals surface area contributed by atoms with Crippen molar-refractivity contribution in [3.8, 4) is 0 Å². The molecule has 92 valence electrons. The van der Waals surface area contributed by atoms with Gasteiger partial charge in [0.15, 0.2) is 5.69 Å². The second kappa shape index (κ2) is 4.95. The molecule has 5 heteroatoms. The van der Waals surface area contributed by atoms with E-state index in [-0.39, 0.29) is 11.3 Å². The summed E-state index contributed by atoms with van der Waals surface area (Å²) in [4.78, 5) is 26.1. The van der Waals surface area contributed by atoms with Gasteiger partial charge in [0.2, 0.25) is 0 Å². The van der Waals surface area contributed by atoms with E-state index in [1.165, 1.54) is 0 Å². The van der Waals surface area contributed by atoms with Crippen LogP contribution in [0.15, 0.2) is 0 Å². The van der Waals surface area contributed by atoms with Crippen molar-refractivity contribution in [2.75, 3.05) is 0 Å². The van der Waals surface area contributed by atoms with Crippen molar-refractivity contribution in [3.05, 3.63) is 28.1 Å². The Labute approximate surface area is 99.1 Å². The molecule has 0 fully saturated rings. The number of aromatic carboxylic acids is 2. The molecule has 0 amide bonds. The molecule has 0 aliphatic carbocycles. The van der Waals surface area contributed by atoms with E-state index in [1.54, 1.807) is 6.92 Å². The smallest absolute Gasteiger partial charge is 0.355 e. The summed E-state index contributed by atoms with van der Waals surface area (Å²) in [5, 5.41) is 18.1. The maximum atomic E-state index is 11.2. The lowest BCUT2D eigenvalue weighted by Gasteiger charge is -2.14. The van der Waals surface area contributed by atoms with E-state index in [4.69, 9.17) is 10.2 Å². The summed E-state index contributed by atoms with van der Waals surface area (Å²) in [6.07, 6.45) is 1.12. The van der Waals surface area contributed by atoms with Crippen LogP contribution in [0.4, 0.5) is 0 Å². The number of hydrogen-bond donors (Lipinski definition) is 2.